The summed E-state index contributed by atoms with van der Waals surface area (Å²) >= 11 is 5.15. The molecule has 0 aliphatic heterocycles. The average Bonchev–Trinajstić information content (AvgIpc) is 2.52. The van der Waals surface area contributed by atoms with Crippen molar-refractivity contribution in [3.05, 3.63) is 59.2 Å². The van der Waals surface area contributed by atoms with Crippen LogP contribution in [0.25, 0.3) is 0 Å². The van der Waals surface area contributed by atoms with Gasteiger partial charge >= 0.3 is 0 Å². The molecule has 2 aromatic carbocycles. The molecule has 1 amide bonds. The summed E-state index contributed by atoms with van der Waals surface area (Å²) in [5, 5.41) is 8.53. The van der Waals surface area contributed by atoms with Crippen molar-refractivity contribution < 1.29 is 13.6 Å². The quantitative estimate of drug-likeness (QED) is 0.740. The van der Waals surface area contributed by atoms with Gasteiger partial charge in [0.2, 0.25) is 5.91 Å². The fourth-order valence-corrected chi connectivity index (χ4v) is 2.16. The molecule has 0 bridgehead atoms. The molecule has 0 radical (unpaired) electrons. The molecule has 0 unspecified atom stereocenters. The van der Waals surface area contributed by atoms with Crippen LogP contribution in [-0.2, 0) is 4.79 Å². The van der Waals surface area contributed by atoms with E-state index < -0.39 is 17.5 Å². The van der Waals surface area contributed by atoms with Gasteiger partial charge in [-0.05, 0) is 55.4 Å². The van der Waals surface area contributed by atoms with Crippen molar-refractivity contribution >= 4 is 34.6 Å². The summed E-state index contributed by atoms with van der Waals surface area (Å²) in [6, 6.07) is 9.06. The number of amides is 1. The van der Waals surface area contributed by atoms with Gasteiger partial charge in [-0.3, -0.25) is 4.79 Å². The first-order valence-corrected chi connectivity index (χ1v) is 7.63. The van der Waals surface area contributed by atoms with Crippen LogP contribution in [0.4, 0.5) is 20.2 Å². The van der Waals surface area contributed by atoms with Crippen LogP contribution in [0.5, 0.6) is 0 Å². The molecule has 0 saturated carbocycles. The van der Waals surface area contributed by atoms with Gasteiger partial charge in [0.15, 0.2) is 16.7 Å². The highest BCUT2D eigenvalue weighted by Gasteiger charge is 2.07. The van der Waals surface area contributed by atoms with Crippen molar-refractivity contribution in [3.63, 3.8) is 0 Å². The van der Waals surface area contributed by atoms with Gasteiger partial charge in [0.05, 0.1) is 6.54 Å². The monoisotopic (exact) mass is 349 g/mol. The SMILES string of the molecule is Cc1ccc(C)c(NC(=S)NCC(=O)Nc2ccc(F)c(F)c2)c1. The molecule has 0 spiro atoms. The minimum atomic E-state index is -1.02. The van der Waals surface area contributed by atoms with Crippen LogP contribution in [0.1, 0.15) is 11.1 Å². The Bertz CT molecular complexity index is 780. The summed E-state index contributed by atoms with van der Waals surface area (Å²) in [5.41, 5.74) is 3.14. The highest BCUT2D eigenvalue weighted by molar-refractivity contribution is 7.80. The number of hydrogen-bond acceptors (Lipinski definition) is 2. The number of thiocarbonyl (C=S) groups is 1. The Hall–Kier alpha value is -2.54. The zero-order valence-electron chi connectivity index (χ0n) is 13.2. The van der Waals surface area contributed by atoms with E-state index in [-0.39, 0.29) is 12.2 Å². The molecule has 0 atom stereocenters. The van der Waals surface area contributed by atoms with Crippen LogP contribution in [-0.4, -0.2) is 17.6 Å². The summed E-state index contributed by atoms with van der Waals surface area (Å²) < 4.78 is 25.9. The number of halogens is 2. The Balaban J connectivity index is 1.85. The summed E-state index contributed by atoms with van der Waals surface area (Å²) in [6.07, 6.45) is 0. The van der Waals surface area contributed by atoms with Gasteiger partial charge in [-0.25, -0.2) is 8.78 Å². The maximum atomic E-state index is 13.1. The molecule has 7 heteroatoms. The smallest absolute Gasteiger partial charge is 0.243 e. The zero-order chi connectivity index (χ0) is 17.7. The first-order valence-electron chi connectivity index (χ1n) is 7.22. The van der Waals surface area contributed by atoms with Crippen LogP contribution in [0.2, 0.25) is 0 Å². The van der Waals surface area contributed by atoms with Crippen LogP contribution in [0.3, 0.4) is 0 Å². The van der Waals surface area contributed by atoms with Gasteiger partial charge in [0, 0.05) is 17.4 Å². The highest BCUT2D eigenvalue weighted by atomic mass is 32.1. The topological polar surface area (TPSA) is 53.2 Å². The summed E-state index contributed by atoms with van der Waals surface area (Å²) in [4.78, 5) is 11.8. The molecule has 0 aliphatic rings. The lowest BCUT2D eigenvalue weighted by atomic mass is 10.1. The van der Waals surface area contributed by atoms with Crippen LogP contribution in [0, 0.1) is 25.5 Å². The van der Waals surface area contributed by atoms with Crippen molar-refractivity contribution in [1.29, 1.82) is 0 Å². The maximum Gasteiger partial charge on any atom is 0.243 e. The molecule has 0 saturated heterocycles. The normalized spacial score (nSPS) is 10.2. The number of anilines is 2. The van der Waals surface area contributed by atoms with E-state index in [1.807, 2.05) is 32.0 Å². The molecule has 3 N–H and O–H groups in total. The molecular formula is C17H17F2N3OS. The lowest BCUT2D eigenvalue weighted by Gasteiger charge is -2.13. The largest absolute Gasteiger partial charge is 0.353 e. The van der Waals surface area contributed by atoms with Crippen molar-refractivity contribution in [2.75, 3.05) is 17.2 Å². The molecule has 126 valence electrons. The van der Waals surface area contributed by atoms with Gasteiger partial charge in [0.1, 0.15) is 0 Å². The second-order valence-electron chi connectivity index (χ2n) is 5.30. The Kier molecular flexibility index (Phi) is 5.81. The summed E-state index contributed by atoms with van der Waals surface area (Å²) in [6.45, 7) is 3.81. The number of carbonyl (C=O) groups is 1. The van der Waals surface area contributed by atoms with Crippen LogP contribution < -0.4 is 16.0 Å². The molecule has 2 rings (SSSR count). The van der Waals surface area contributed by atoms with Crippen molar-refractivity contribution in [1.82, 2.24) is 5.32 Å². The first-order chi connectivity index (χ1) is 11.3. The maximum absolute atomic E-state index is 13.1. The fraction of sp³-hybridized carbons (Fsp3) is 0.176. The van der Waals surface area contributed by atoms with E-state index in [0.29, 0.717) is 5.11 Å². The summed E-state index contributed by atoms with van der Waals surface area (Å²) in [7, 11) is 0. The molecule has 0 fully saturated rings. The standard InChI is InChI=1S/C17H17F2N3OS/c1-10-3-4-11(2)15(7-10)22-17(24)20-9-16(23)21-12-5-6-13(18)14(19)8-12/h3-8H,9H2,1-2H3,(H,21,23)(H2,20,22,24). The van der Waals surface area contributed by atoms with E-state index in [2.05, 4.69) is 16.0 Å². The third-order valence-corrected chi connectivity index (χ3v) is 3.50. The van der Waals surface area contributed by atoms with Gasteiger partial charge in [-0.15, -0.1) is 0 Å². The molecule has 2 aromatic rings. The molecule has 0 aliphatic carbocycles. The number of aryl methyl sites for hydroxylation is 2. The Morgan fingerprint density at radius 1 is 1.04 bits per heavy atom. The van der Waals surface area contributed by atoms with E-state index in [1.54, 1.807) is 0 Å². The Morgan fingerprint density at radius 2 is 1.79 bits per heavy atom. The molecular weight excluding hydrogens is 332 g/mol. The lowest BCUT2D eigenvalue weighted by molar-refractivity contribution is -0.115. The van der Waals surface area contributed by atoms with Crippen LogP contribution >= 0.6 is 12.2 Å². The molecule has 0 heterocycles. The van der Waals surface area contributed by atoms with Crippen molar-refractivity contribution in [2.45, 2.75) is 13.8 Å². The Labute approximate surface area is 144 Å². The van der Waals surface area contributed by atoms with Gasteiger partial charge in [-0.1, -0.05) is 12.1 Å². The minimum absolute atomic E-state index is 0.101. The van der Waals surface area contributed by atoms with E-state index in [4.69, 9.17) is 12.2 Å². The predicted octanol–water partition coefficient (Wildman–Crippen LogP) is 3.51. The second kappa shape index (κ2) is 7.83. The minimum Gasteiger partial charge on any atom is -0.353 e. The van der Waals surface area contributed by atoms with E-state index in [1.165, 1.54) is 6.07 Å². The van der Waals surface area contributed by atoms with Gasteiger partial charge in [-0.2, -0.15) is 0 Å². The summed E-state index contributed by atoms with van der Waals surface area (Å²) in [5.74, 6) is -2.41. The number of rotatable bonds is 4. The predicted molar refractivity (Wildman–Crippen MR) is 95.1 cm³/mol. The number of hydrogen-bond donors (Lipinski definition) is 3. The van der Waals surface area contributed by atoms with Gasteiger partial charge < -0.3 is 16.0 Å². The third kappa shape index (κ3) is 4.99. The number of benzene rings is 2. The lowest BCUT2D eigenvalue weighted by Crippen LogP contribution is -2.35. The van der Waals surface area contributed by atoms with Crippen molar-refractivity contribution in [3.8, 4) is 0 Å². The second-order valence-corrected chi connectivity index (χ2v) is 5.71. The first kappa shape index (κ1) is 17.8. The third-order valence-electron chi connectivity index (χ3n) is 3.25. The number of carbonyl (C=O) groups excluding carboxylic acids is 1. The molecule has 24 heavy (non-hydrogen) atoms. The highest BCUT2D eigenvalue weighted by Crippen LogP contribution is 2.16. The Morgan fingerprint density at radius 3 is 2.50 bits per heavy atom. The van der Waals surface area contributed by atoms with E-state index >= 15 is 0 Å². The average molecular weight is 349 g/mol. The zero-order valence-corrected chi connectivity index (χ0v) is 14.1. The van der Waals surface area contributed by atoms with E-state index in [0.717, 1.165) is 28.9 Å². The fourth-order valence-electron chi connectivity index (χ4n) is 1.98. The number of nitrogens with one attached hydrogen (secondary N) is 3. The molecule has 4 nitrogen and oxygen atoms in total. The molecule has 0 aromatic heterocycles. The van der Waals surface area contributed by atoms with Crippen molar-refractivity contribution in [2.24, 2.45) is 0 Å². The van der Waals surface area contributed by atoms with E-state index in [9.17, 15) is 13.6 Å². The van der Waals surface area contributed by atoms with Gasteiger partial charge in [0.25, 0.3) is 0 Å². The van der Waals surface area contributed by atoms with Crippen LogP contribution in [0.15, 0.2) is 36.4 Å².